The van der Waals surface area contributed by atoms with Crippen molar-refractivity contribution in [3.8, 4) is 0 Å². The van der Waals surface area contributed by atoms with Crippen LogP contribution in [0.2, 0.25) is 5.02 Å². The predicted octanol–water partition coefficient (Wildman–Crippen LogP) is 4.30. The van der Waals surface area contributed by atoms with Crippen molar-refractivity contribution in [3.05, 3.63) is 53.6 Å². The zero-order valence-corrected chi connectivity index (χ0v) is 15.5. The van der Waals surface area contributed by atoms with Gasteiger partial charge in [0.2, 0.25) is 5.91 Å². The number of nitrogens with one attached hydrogen (secondary N) is 1. The van der Waals surface area contributed by atoms with E-state index in [0.29, 0.717) is 6.42 Å². The Morgan fingerprint density at radius 3 is 2.60 bits per heavy atom. The molecule has 3 rings (SSSR count). The molecule has 4 nitrogen and oxygen atoms in total. The fourth-order valence-electron chi connectivity index (χ4n) is 2.66. The van der Waals surface area contributed by atoms with Crippen molar-refractivity contribution < 1.29 is 9.53 Å². The average molecular weight is 377 g/mol. The third kappa shape index (κ3) is 5.39. The molecule has 0 spiro atoms. The molecule has 0 unspecified atom stereocenters. The van der Waals surface area contributed by atoms with Crippen LogP contribution < -0.4 is 10.2 Å². The van der Waals surface area contributed by atoms with E-state index in [0.717, 1.165) is 53.3 Å². The second-order valence-electron chi connectivity index (χ2n) is 5.72. The number of benzene rings is 2. The van der Waals surface area contributed by atoms with Crippen LogP contribution in [-0.4, -0.2) is 38.0 Å². The average Bonchev–Trinajstić information content (AvgIpc) is 2.64. The summed E-state index contributed by atoms with van der Waals surface area (Å²) < 4.78 is 5.40. The molecule has 0 aromatic heterocycles. The van der Waals surface area contributed by atoms with E-state index in [2.05, 4.69) is 10.2 Å². The first-order valence-electron chi connectivity index (χ1n) is 8.32. The Kier molecular flexibility index (Phi) is 6.62. The summed E-state index contributed by atoms with van der Waals surface area (Å²) >= 11 is 7.53. The number of amides is 1. The highest BCUT2D eigenvalue weighted by molar-refractivity contribution is 7.99. The van der Waals surface area contributed by atoms with E-state index < -0.39 is 0 Å². The van der Waals surface area contributed by atoms with Crippen LogP contribution in [-0.2, 0) is 9.53 Å². The number of thioether (sulfide) groups is 1. The second kappa shape index (κ2) is 9.13. The number of hydrogen-bond donors (Lipinski definition) is 1. The van der Waals surface area contributed by atoms with E-state index in [4.69, 9.17) is 16.3 Å². The molecule has 25 heavy (non-hydrogen) atoms. The second-order valence-corrected chi connectivity index (χ2v) is 7.32. The fourth-order valence-corrected chi connectivity index (χ4v) is 3.64. The van der Waals surface area contributed by atoms with Gasteiger partial charge >= 0.3 is 0 Å². The van der Waals surface area contributed by atoms with Gasteiger partial charge in [0, 0.05) is 35.2 Å². The first kappa shape index (κ1) is 18.1. The molecule has 1 saturated heterocycles. The number of anilines is 2. The Balaban J connectivity index is 1.53. The molecule has 1 amide bonds. The van der Waals surface area contributed by atoms with Gasteiger partial charge < -0.3 is 15.0 Å². The van der Waals surface area contributed by atoms with Gasteiger partial charge in [0.15, 0.2) is 0 Å². The van der Waals surface area contributed by atoms with E-state index in [1.165, 1.54) is 0 Å². The van der Waals surface area contributed by atoms with Crippen LogP contribution in [0, 0.1) is 0 Å². The zero-order chi connectivity index (χ0) is 17.5. The summed E-state index contributed by atoms with van der Waals surface area (Å²) in [5, 5.41) is 3.77. The largest absolute Gasteiger partial charge is 0.378 e. The zero-order valence-electron chi connectivity index (χ0n) is 13.9. The van der Waals surface area contributed by atoms with Crippen LogP contribution in [0.4, 0.5) is 11.4 Å². The molecule has 132 valence electrons. The minimum Gasteiger partial charge on any atom is -0.378 e. The monoisotopic (exact) mass is 376 g/mol. The number of halogens is 1. The van der Waals surface area contributed by atoms with Crippen LogP contribution in [0.1, 0.15) is 6.42 Å². The summed E-state index contributed by atoms with van der Waals surface area (Å²) in [6, 6.07) is 15.6. The lowest BCUT2D eigenvalue weighted by Gasteiger charge is -2.30. The third-order valence-electron chi connectivity index (χ3n) is 3.94. The Hall–Kier alpha value is -1.69. The molecule has 1 fully saturated rings. The minimum atomic E-state index is 0.0298. The van der Waals surface area contributed by atoms with E-state index in [1.54, 1.807) is 11.8 Å². The molecule has 0 atom stereocenters. The van der Waals surface area contributed by atoms with Crippen LogP contribution in [0.5, 0.6) is 0 Å². The van der Waals surface area contributed by atoms with Gasteiger partial charge in [0.1, 0.15) is 0 Å². The van der Waals surface area contributed by atoms with Crippen molar-refractivity contribution in [1.82, 2.24) is 0 Å². The van der Waals surface area contributed by atoms with Gasteiger partial charge in [-0.15, -0.1) is 11.8 Å². The molecule has 2 aromatic carbocycles. The van der Waals surface area contributed by atoms with Crippen molar-refractivity contribution in [2.75, 3.05) is 42.3 Å². The lowest BCUT2D eigenvalue weighted by atomic mass is 10.2. The number of rotatable bonds is 6. The van der Waals surface area contributed by atoms with Crippen molar-refractivity contribution >= 4 is 40.6 Å². The summed E-state index contributed by atoms with van der Waals surface area (Å²) in [6.45, 7) is 3.14. The highest BCUT2D eigenvalue weighted by Gasteiger charge is 2.15. The van der Waals surface area contributed by atoms with Crippen LogP contribution in [0.3, 0.4) is 0 Å². The highest BCUT2D eigenvalue weighted by atomic mass is 35.5. The standard InChI is InChI=1S/C19H21ClN2O2S/c20-15-5-7-16(8-6-15)25-14-9-19(23)21-17-3-1-2-4-18(17)22-10-12-24-13-11-22/h1-8H,9-14H2,(H,21,23). The van der Waals surface area contributed by atoms with Gasteiger partial charge in [-0.2, -0.15) is 0 Å². The van der Waals surface area contributed by atoms with Gasteiger partial charge in [-0.1, -0.05) is 23.7 Å². The summed E-state index contributed by atoms with van der Waals surface area (Å²) in [5.41, 5.74) is 1.93. The van der Waals surface area contributed by atoms with Gasteiger partial charge in [-0.3, -0.25) is 4.79 Å². The molecule has 1 N–H and O–H groups in total. The first-order chi connectivity index (χ1) is 12.2. The van der Waals surface area contributed by atoms with Crippen molar-refractivity contribution in [3.63, 3.8) is 0 Å². The normalized spacial score (nSPS) is 14.4. The molecule has 2 aromatic rings. The molecule has 1 heterocycles. The topological polar surface area (TPSA) is 41.6 Å². The van der Waals surface area contributed by atoms with Crippen LogP contribution in [0.25, 0.3) is 0 Å². The van der Waals surface area contributed by atoms with Crippen LogP contribution in [0.15, 0.2) is 53.4 Å². The molecular formula is C19H21ClN2O2S. The number of para-hydroxylation sites is 2. The Morgan fingerprint density at radius 2 is 1.84 bits per heavy atom. The quantitative estimate of drug-likeness (QED) is 0.763. The molecule has 0 radical (unpaired) electrons. The van der Waals surface area contributed by atoms with Crippen molar-refractivity contribution in [2.24, 2.45) is 0 Å². The summed E-state index contributed by atoms with van der Waals surface area (Å²) in [6.07, 6.45) is 0.463. The first-order valence-corrected chi connectivity index (χ1v) is 9.69. The number of carbonyl (C=O) groups is 1. The Bertz CT molecular complexity index is 703. The summed E-state index contributed by atoms with van der Waals surface area (Å²) in [7, 11) is 0. The Morgan fingerprint density at radius 1 is 1.12 bits per heavy atom. The van der Waals surface area contributed by atoms with Crippen molar-refractivity contribution in [1.29, 1.82) is 0 Å². The third-order valence-corrected chi connectivity index (χ3v) is 5.21. The molecule has 0 saturated carbocycles. The Labute approximate surface area is 157 Å². The molecule has 0 bridgehead atoms. The van der Waals surface area contributed by atoms with Crippen LogP contribution >= 0.6 is 23.4 Å². The smallest absolute Gasteiger partial charge is 0.225 e. The van der Waals surface area contributed by atoms with Gasteiger partial charge in [0.05, 0.1) is 24.6 Å². The summed E-state index contributed by atoms with van der Waals surface area (Å²) in [5.74, 6) is 0.759. The fraction of sp³-hybridized carbons (Fsp3) is 0.316. The number of morpholine rings is 1. The highest BCUT2D eigenvalue weighted by Crippen LogP contribution is 2.27. The molecule has 1 aliphatic heterocycles. The molecule has 1 aliphatic rings. The minimum absolute atomic E-state index is 0.0298. The predicted molar refractivity (Wildman–Crippen MR) is 105 cm³/mol. The summed E-state index contributed by atoms with van der Waals surface area (Å²) in [4.78, 5) is 15.7. The van der Waals surface area contributed by atoms with Crippen molar-refractivity contribution in [2.45, 2.75) is 11.3 Å². The maximum atomic E-state index is 12.3. The molecule has 0 aliphatic carbocycles. The van der Waals surface area contributed by atoms with Gasteiger partial charge in [0.25, 0.3) is 0 Å². The van der Waals surface area contributed by atoms with Gasteiger partial charge in [-0.05, 0) is 36.4 Å². The van der Waals surface area contributed by atoms with E-state index in [-0.39, 0.29) is 5.91 Å². The number of hydrogen-bond acceptors (Lipinski definition) is 4. The van der Waals surface area contributed by atoms with E-state index >= 15 is 0 Å². The lowest BCUT2D eigenvalue weighted by molar-refractivity contribution is -0.115. The van der Waals surface area contributed by atoms with E-state index in [1.807, 2.05) is 48.5 Å². The maximum Gasteiger partial charge on any atom is 0.225 e. The number of carbonyl (C=O) groups excluding carboxylic acids is 1. The SMILES string of the molecule is O=C(CCSc1ccc(Cl)cc1)Nc1ccccc1N1CCOCC1. The van der Waals surface area contributed by atoms with Gasteiger partial charge in [-0.25, -0.2) is 0 Å². The lowest BCUT2D eigenvalue weighted by Crippen LogP contribution is -2.36. The number of nitrogens with zero attached hydrogens (tertiary/aromatic N) is 1. The number of ether oxygens (including phenoxy) is 1. The molecule has 6 heteroatoms. The molecular weight excluding hydrogens is 356 g/mol. The maximum absolute atomic E-state index is 12.3. The van der Waals surface area contributed by atoms with E-state index in [9.17, 15) is 4.79 Å².